The summed E-state index contributed by atoms with van der Waals surface area (Å²) in [5, 5.41) is 174. The molecule has 24 heteroatoms. The molecular formula is C50H43NO23. The minimum absolute atomic E-state index is 0.0168. The molecule has 0 radical (unpaired) electrons. The van der Waals surface area contributed by atoms with Crippen molar-refractivity contribution in [3.05, 3.63) is 93.5 Å². The van der Waals surface area contributed by atoms with Crippen LogP contribution >= 0.6 is 0 Å². The first-order valence-electron chi connectivity index (χ1n) is 22.2. The molecule has 6 aromatic carbocycles. The van der Waals surface area contributed by atoms with Crippen LogP contribution in [0.3, 0.4) is 0 Å². The molecule has 16 N–H and O–H groups in total. The van der Waals surface area contributed by atoms with E-state index in [0.717, 1.165) is 54.6 Å². The van der Waals surface area contributed by atoms with Gasteiger partial charge in [0.05, 0.1) is 22.7 Å². The fraction of sp³-hybridized carbons (Fsp3) is 0.220. The van der Waals surface area contributed by atoms with Crippen LogP contribution in [-0.2, 0) is 27.1 Å². The lowest BCUT2D eigenvalue weighted by molar-refractivity contribution is -0.128. The zero-order valence-electron chi connectivity index (χ0n) is 38.1. The summed E-state index contributed by atoms with van der Waals surface area (Å²) >= 11 is 0. The van der Waals surface area contributed by atoms with Gasteiger partial charge in [0.1, 0.15) is 46.7 Å². The molecule has 3 aliphatic heterocycles. The minimum atomic E-state index is -1.99. The van der Waals surface area contributed by atoms with Crippen LogP contribution in [0.15, 0.2) is 54.6 Å². The standard InChI is InChI=1S/C50H43NO23/c1-2-51-23(3-4-36(51)62)39-26(55)15-25(54)20-14-35(73-50(70)17-7-29(58)41(64)30(59)8-17)47(74-48(20)39)22-12-32(61)43(66)45(68)38(22)37-21(11-31(60)42(65)44(37)67)46-34(13-19-24(53)9-18(52)10-33(19)71-46)72-49(69)16-5-27(56)40(63)28(57)6-16/h5-12,15,23,34-35,46-47,52-61,63-68H,2-4,13-14H2,1H3/t23?,34-,35-,46-,47-/m1/s1. The molecular weight excluding hydrogens is 983 g/mol. The van der Waals surface area contributed by atoms with E-state index in [1.165, 1.54) is 4.90 Å². The predicted octanol–water partition coefficient (Wildman–Crippen LogP) is 5.13. The van der Waals surface area contributed by atoms with Crippen molar-refractivity contribution >= 4 is 17.8 Å². The van der Waals surface area contributed by atoms with Crippen LogP contribution in [0.2, 0.25) is 0 Å². The molecule has 9 rings (SSSR count). The second-order valence-electron chi connectivity index (χ2n) is 17.5. The van der Waals surface area contributed by atoms with Crippen molar-refractivity contribution in [3.8, 4) is 115 Å². The van der Waals surface area contributed by atoms with E-state index in [0.29, 0.717) is 0 Å². The van der Waals surface area contributed by atoms with Gasteiger partial charge in [-0.3, -0.25) is 4.79 Å². The Kier molecular flexibility index (Phi) is 12.0. The summed E-state index contributed by atoms with van der Waals surface area (Å²) < 4.78 is 24.5. The first-order chi connectivity index (χ1) is 35.0. The summed E-state index contributed by atoms with van der Waals surface area (Å²) in [6.07, 6.45) is -8.51. The number of nitrogens with zero attached hydrogens (tertiary/aromatic N) is 1. The van der Waals surface area contributed by atoms with Gasteiger partial charge in [-0.25, -0.2) is 9.59 Å². The zero-order chi connectivity index (χ0) is 53.5. The van der Waals surface area contributed by atoms with Crippen molar-refractivity contribution < 1.29 is 115 Å². The lowest BCUT2D eigenvalue weighted by Crippen LogP contribution is -2.36. The summed E-state index contributed by atoms with van der Waals surface area (Å²) in [5.41, 5.74) is -4.26. The number of esters is 2. The van der Waals surface area contributed by atoms with Gasteiger partial charge in [-0.1, -0.05) is 0 Å². The average Bonchev–Trinajstić information content (AvgIpc) is 3.72. The van der Waals surface area contributed by atoms with Crippen molar-refractivity contribution in [2.24, 2.45) is 0 Å². The highest BCUT2D eigenvalue weighted by Gasteiger charge is 2.46. The number of carbonyl (C=O) groups is 3. The Bertz CT molecular complexity index is 3320. The maximum Gasteiger partial charge on any atom is 0.338 e. The van der Waals surface area contributed by atoms with E-state index in [-0.39, 0.29) is 53.5 Å². The first-order valence-corrected chi connectivity index (χ1v) is 22.2. The lowest BCUT2D eigenvalue weighted by atomic mass is 9.82. The number of ether oxygens (including phenoxy) is 4. The quantitative estimate of drug-likeness (QED) is 0.0659. The molecule has 1 saturated heterocycles. The summed E-state index contributed by atoms with van der Waals surface area (Å²) in [5.74, 6) is -19.3. The summed E-state index contributed by atoms with van der Waals surface area (Å²) in [4.78, 5) is 42.3. The van der Waals surface area contributed by atoms with Gasteiger partial charge in [-0.05, 0) is 49.7 Å². The molecule has 6 aromatic rings. The van der Waals surface area contributed by atoms with Gasteiger partial charge >= 0.3 is 11.9 Å². The van der Waals surface area contributed by atoms with Gasteiger partial charge in [0, 0.05) is 77.4 Å². The molecule has 1 fully saturated rings. The number of amides is 1. The highest BCUT2D eigenvalue weighted by atomic mass is 16.6. The molecule has 1 amide bonds. The van der Waals surface area contributed by atoms with Crippen molar-refractivity contribution in [1.29, 1.82) is 0 Å². The fourth-order valence-corrected chi connectivity index (χ4v) is 9.62. The summed E-state index contributed by atoms with van der Waals surface area (Å²) in [6.45, 7) is 1.80. The first kappa shape index (κ1) is 49.1. The Hall–Kier alpha value is -9.87. The number of phenolic OH excluding ortho intramolecular Hbond substituents is 16. The van der Waals surface area contributed by atoms with E-state index in [1.54, 1.807) is 6.92 Å². The molecule has 0 bridgehead atoms. The normalized spacial score (nSPS) is 19.0. The van der Waals surface area contributed by atoms with Gasteiger partial charge in [-0.2, -0.15) is 0 Å². The number of hydrogen-bond acceptors (Lipinski definition) is 23. The number of phenols is 16. The van der Waals surface area contributed by atoms with E-state index in [9.17, 15) is 96.1 Å². The number of carbonyl (C=O) groups excluding carboxylic acids is 3. The number of rotatable bonds is 9. The van der Waals surface area contributed by atoms with Crippen molar-refractivity contribution in [2.45, 2.75) is 63.1 Å². The van der Waals surface area contributed by atoms with Gasteiger partial charge in [0.15, 0.2) is 69.7 Å². The molecule has 3 aliphatic rings. The second-order valence-corrected chi connectivity index (χ2v) is 17.5. The van der Waals surface area contributed by atoms with E-state index in [1.807, 2.05) is 0 Å². The number of benzene rings is 6. The molecule has 0 spiro atoms. The Morgan fingerprint density at radius 1 is 0.527 bits per heavy atom. The summed E-state index contributed by atoms with van der Waals surface area (Å²) in [6, 6.07) is 6.37. The molecule has 386 valence electrons. The Morgan fingerprint density at radius 2 is 0.973 bits per heavy atom. The molecule has 3 heterocycles. The highest BCUT2D eigenvalue weighted by Crippen LogP contribution is 2.59. The number of hydrogen-bond donors (Lipinski definition) is 16. The molecule has 24 nitrogen and oxygen atoms in total. The second kappa shape index (κ2) is 18.1. The van der Waals surface area contributed by atoms with Crippen molar-refractivity contribution in [1.82, 2.24) is 4.90 Å². The topological polar surface area (TPSA) is 415 Å². The van der Waals surface area contributed by atoms with E-state index >= 15 is 0 Å². The van der Waals surface area contributed by atoms with Crippen LogP contribution < -0.4 is 9.47 Å². The van der Waals surface area contributed by atoms with Gasteiger partial charge in [0.25, 0.3) is 0 Å². The minimum Gasteiger partial charge on any atom is -0.508 e. The van der Waals surface area contributed by atoms with E-state index in [4.69, 9.17) is 18.9 Å². The molecule has 5 atom stereocenters. The van der Waals surface area contributed by atoms with Crippen LogP contribution in [0.4, 0.5) is 0 Å². The lowest BCUT2D eigenvalue weighted by Gasteiger charge is -2.38. The zero-order valence-corrected chi connectivity index (χ0v) is 38.1. The molecule has 0 aliphatic carbocycles. The number of aromatic hydroxyl groups is 16. The van der Waals surface area contributed by atoms with Gasteiger partial charge in [0.2, 0.25) is 17.4 Å². The molecule has 74 heavy (non-hydrogen) atoms. The number of likely N-dealkylation sites (tertiary alicyclic amines) is 1. The smallest absolute Gasteiger partial charge is 0.338 e. The maximum absolute atomic E-state index is 14.0. The third-order valence-electron chi connectivity index (χ3n) is 13.1. The molecule has 0 saturated carbocycles. The van der Waals surface area contributed by atoms with Crippen LogP contribution in [0.25, 0.3) is 11.1 Å². The average molecular weight is 1030 g/mol. The van der Waals surface area contributed by atoms with Gasteiger partial charge < -0.3 is 106 Å². The Labute approximate surface area is 414 Å². The maximum atomic E-state index is 14.0. The SMILES string of the molecule is CCN1C(=O)CCC1c1c(O)cc(O)c2c1O[C@H](c1cc(O)c(O)c(O)c1-c1c([C@H]3Oc4cc(O)cc(O)c4C[C@H]3OC(=O)c3cc(O)c(O)c(O)c3)cc(O)c(O)c1O)[C@H](OC(=O)c1cc(O)c(O)c(O)c1)C2. The fourth-order valence-electron chi connectivity index (χ4n) is 9.62. The van der Waals surface area contributed by atoms with Crippen LogP contribution in [0.5, 0.6) is 103 Å². The van der Waals surface area contributed by atoms with Crippen molar-refractivity contribution in [3.63, 3.8) is 0 Å². The van der Waals surface area contributed by atoms with E-state index in [2.05, 4.69) is 0 Å². The Morgan fingerprint density at radius 3 is 1.46 bits per heavy atom. The third kappa shape index (κ3) is 8.12. The Balaban J connectivity index is 1.28. The predicted molar refractivity (Wildman–Crippen MR) is 246 cm³/mol. The van der Waals surface area contributed by atoms with E-state index < -0.39 is 181 Å². The third-order valence-corrected chi connectivity index (χ3v) is 13.1. The molecule has 1 unspecified atom stereocenters. The monoisotopic (exact) mass is 1030 g/mol. The van der Waals surface area contributed by atoms with Crippen LogP contribution in [-0.4, -0.2) is 123 Å². The highest BCUT2D eigenvalue weighted by molar-refractivity contribution is 5.93. The summed E-state index contributed by atoms with van der Waals surface area (Å²) in [7, 11) is 0. The van der Waals surface area contributed by atoms with Crippen LogP contribution in [0.1, 0.15) is 86.5 Å². The molecule has 0 aromatic heterocycles. The van der Waals surface area contributed by atoms with Crippen molar-refractivity contribution in [2.75, 3.05) is 6.54 Å². The van der Waals surface area contributed by atoms with Crippen LogP contribution in [0, 0.1) is 0 Å². The largest absolute Gasteiger partial charge is 0.508 e. The van der Waals surface area contributed by atoms with Gasteiger partial charge in [-0.15, -0.1) is 0 Å². The number of fused-ring (bicyclic) bond motifs is 2.